The number of thioether (sulfide) groups is 1. The van der Waals surface area contributed by atoms with Crippen molar-refractivity contribution < 1.29 is 9.90 Å². The first-order valence-electron chi connectivity index (χ1n) is 4.99. The van der Waals surface area contributed by atoms with Crippen molar-refractivity contribution in [1.82, 2.24) is 9.88 Å². The standard InChI is InChI=1S/C11H16N2O2S/c1-8(7-14)16-10-5-4-9(6-12-10)11(15)13(2)3/h4-6,8,14H,7H2,1-3H3. The number of aromatic nitrogens is 1. The summed E-state index contributed by atoms with van der Waals surface area (Å²) < 4.78 is 0. The Balaban J connectivity index is 2.71. The minimum Gasteiger partial charge on any atom is -0.395 e. The molecular formula is C11H16N2O2S. The van der Waals surface area contributed by atoms with Crippen LogP contribution in [0.2, 0.25) is 0 Å². The molecule has 1 unspecified atom stereocenters. The van der Waals surface area contributed by atoms with Crippen molar-refractivity contribution in [2.24, 2.45) is 0 Å². The zero-order valence-electron chi connectivity index (χ0n) is 9.67. The predicted molar refractivity (Wildman–Crippen MR) is 64.7 cm³/mol. The topological polar surface area (TPSA) is 53.4 Å². The normalized spacial score (nSPS) is 12.2. The number of carbonyl (C=O) groups is 1. The van der Waals surface area contributed by atoms with Crippen LogP contribution in [0.25, 0.3) is 0 Å². The largest absolute Gasteiger partial charge is 0.395 e. The van der Waals surface area contributed by atoms with Crippen molar-refractivity contribution in [3.63, 3.8) is 0 Å². The third-order valence-electron chi connectivity index (χ3n) is 1.97. The quantitative estimate of drug-likeness (QED) is 0.805. The van der Waals surface area contributed by atoms with Gasteiger partial charge in [-0.2, -0.15) is 0 Å². The lowest BCUT2D eigenvalue weighted by Crippen LogP contribution is -2.21. The Morgan fingerprint density at radius 2 is 2.25 bits per heavy atom. The van der Waals surface area contributed by atoms with Crippen LogP contribution < -0.4 is 0 Å². The number of amides is 1. The van der Waals surface area contributed by atoms with Crippen LogP contribution in [0, 0.1) is 0 Å². The maximum absolute atomic E-state index is 11.6. The molecule has 0 radical (unpaired) electrons. The minimum atomic E-state index is -0.0562. The summed E-state index contributed by atoms with van der Waals surface area (Å²) in [5.74, 6) is -0.0562. The smallest absolute Gasteiger partial charge is 0.254 e. The molecule has 0 aromatic carbocycles. The van der Waals surface area contributed by atoms with Gasteiger partial charge in [0.25, 0.3) is 5.91 Å². The molecule has 1 amide bonds. The maximum Gasteiger partial charge on any atom is 0.254 e. The Kier molecular flexibility index (Phi) is 4.76. The van der Waals surface area contributed by atoms with Gasteiger partial charge in [-0.25, -0.2) is 4.98 Å². The highest BCUT2D eigenvalue weighted by atomic mass is 32.2. The van der Waals surface area contributed by atoms with Gasteiger partial charge in [0.1, 0.15) is 0 Å². The third kappa shape index (κ3) is 3.50. The van der Waals surface area contributed by atoms with E-state index in [0.717, 1.165) is 5.03 Å². The van der Waals surface area contributed by atoms with E-state index in [2.05, 4.69) is 4.98 Å². The van der Waals surface area contributed by atoms with Gasteiger partial charge in [-0.1, -0.05) is 6.92 Å². The molecule has 1 aromatic heterocycles. The second-order valence-corrected chi connectivity index (χ2v) is 5.15. The number of aliphatic hydroxyl groups excluding tert-OH is 1. The van der Waals surface area contributed by atoms with Crippen LogP contribution in [0.4, 0.5) is 0 Å². The van der Waals surface area contributed by atoms with Crippen LogP contribution in [-0.2, 0) is 0 Å². The number of aliphatic hydroxyl groups is 1. The average Bonchev–Trinajstić information content (AvgIpc) is 2.28. The van der Waals surface area contributed by atoms with Gasteiger partial charge in [-0.15, -0.1) is 11.8 Å². The maximum atomic E-state index is 11.6. The highest BCUT2D eigenvalue weighted by Crippen LogP contribution is 2.20. The molecule has 0 aliphatic carbocycles. The summed E-state index contributed by atoms with van der Waals surface area (Å²) in [6.45, 7) is 2.04. The molecule has 0 fully saturated rings. The number of carbonyl (C=O) groups excluding carboxylic acids is 1. The van der Waals surface area contributed by atoms with Gasteiger partial charge in [-0.05, 0) is 12.1 Å². The molecule has 0 bridgehead atoms. The van der Waals surface area contributed by atoms with Crippen molar-refractivity contribution in [3.05, 3.63) is 23.9 Å². The highest BCUT2D eigenvalue weighted by molar-refractivity contribution is 7.99. The molecule has 88 valence electrons. The fraction of sp³-hybridized carbons (Fsp3) is 0.455. The Morgan fingerprint density at radius 3 is 2.69 bits per heavy atom. The van der Waals surface area contributed by atoms with Gasteiger partial charge in [0.2, 0.25) is 0 Å². The molecule has 0 aliphatic rings. The van der Waals surface area contributed by atoms with Gasteiger partial charge >= 0.3 is 0 Å². The number of nitrogens with zero attached hydrogens (tertiary/aromatic N) is 2. The molecule has 0 saturated carbocycles. The zero-order valence-corrected chi connectivity index (χ0v) is 10.5. The van der Waals surface area contributed by atoms with E-state index in [9.17, 15) is 4.79 Å². The van der Waals surface area contributed by atoms with E-state index < -0.39 is 0 Å². The number of hydrogen-bond acceptors (Lipinski definition) is 4. The van der Waals surface area contributed by atoms with E-state index in [1.165, 1.54) is 16.7 Å². The highest BCUT2D eigenvalue weighted by Gasteiger charge is 2.09. The first-order chi connectivity index (χ1) is 7.54. The van der Waals surface area contributed by atoms with Crippen LogP contribution in [0.15, 0.2) is 23.4 Å². The fourth-order valence-corrected chi connectivity index (χ4v) is 1.83. The lowest BCUT2D eigenvalue weighted by Gasteiger charge is -2.10. The lowest BCUT2D eigenvalue weighted by molar-refractivity contribution is 0.0827. The summed E-state index contributed by atoms with van der Waals surface area (Å²) in [4.78, 5) is 17.3. The zero-order chi connectivity index (χ0) is 12.1. The summed E-state index contributed by atoms with van der Waals surface area (Å²) in [5, 5.41) is 9.83. The number of rotatable bonds is 4. The van der Waals surface area contributed by atoms with Gasteiger partial charge in [-0.3, -0.25) is 4.79 Å². The molecule has 5 heteroatoms. The van der Waals surface area contributed by atoms with E-state index in [-0.39, 0.29) is 17.8 Å². The molecule has 1 rings (SSSR count). The molecule has 1 N–H and O–H groups in total. The molecule has 4 nitrogen and oxygen atoms in total. The van der Waals surface area contributed by atoms with E-state index >= 15 is 0 Å². The van der Waals surface area contributed by atoms with Crippen LogP contribution in [0.1, 0.15) is 17.3 Å². The van der Waals surface area contributed by atoms with Crippen molar-refractivity contribution in [2.45, 2.75) is 17.2 Å². The second kappa shape index (κ2) is 5.86. The lowest BCUT2D eigenvalue weighted by atomic mass is 10.2. The first kappa shape index (κ1) is 13.0. The van der Waals surface area contributed by atoms with Gasteiger partial charge < -0.3 is 10.0 Å². The Bertz CT molecular complexity index is 352. The molecule has 0 spiro atoms. The van der Waals surface area contributed by atoms with E-state index in [1.807, 2.05) is 6.92 Å². The summed E-state index contributed by atoms with van der Waals surface area (Å²) in [6.07, 6.45) is 1.56. The summed E-state index contributed by atoms with van der Waals surface area (Å²) in [5.41, 5.74) is 0.575. The number of pyridine rings is 1. The first-order valence-corrected chi connectivity index (χ1v) is 5.87. The molecule has 1 aromatic rings. The summed E-state index contributed by atoms with van der Waals surface area (Å²) >= 11 is 1.49. The molecule has 0 aliphatic heterocycles. The SMILES string of the molecule is CC(CO)Sc1ccc(C(=O)N(C)C)cn1. The summed E-state index contributed by atoms with van der Waals surface area (Å²) in [6, 6.07) is 3.55. The fourth-order valence-electron chi connectivity index (χ4n) is 1.08. The minimum absolute atomic E-state index is 0.0562. The van der Waals surface area contributed by atoms with Gasteiger partial charge in [0.05, 0.1) is 17.2 Å². The molecule has 16 heavy (non-hydrogen) atoms. The Labute approximate surface area is 99.7 Å². The van der Waals surface area contributed by atoms with Crippen molar-refractivity contribution in [1.29, 1.82) is 0 Å². The second-order valence-electron chi connectivity index (χ2n) is 3.70. The van der Waals surface area contributed by atoms with Gasteiger partial charge in [0, 0.05) is 25.5 Å². The molecule has 0 saturated heterocycles. The van der Waals surface area contributed by atoms with E-state index in [1.54, 1.807) is 32.4 Å². The van der Waals surface area contributed by atoms with Crippen LogP contribution in [0.3, 0.4) is 0 Å². The average molecular weight is 240 g/mol. The van der Waals surface area contributed by atoms with E-state index in [4.69, 9.17) is 5.11 Å². The Morgan fingerprint density at radius 1 is 1.56 bits per heavy atom. The monoisotopic (exact) mass is 240 g/mol. The van der Waals surface area contributed by atoms with Crippen molar-refractivity contribution in [2.75, 3.05) is 20.7 Å². The predicted octanol–water partition coefficient (Wildman–Crippen LogP) is 1.26. The van der Waals surface area contributed by atoms with E-state index in [0.29, 0.717) is 5.56 Å². The van der Waals surface area contributed by atoms with Crippen molar-refractivity contribution in [3.8, 4) is 0 Å². The number of hydrogen-bond donors (Lipinski definition) is 1. The van der Waals surface area contributed by atoms with Crippen LogP contribution in [-0.4, -0.2) is 46.8 Å². The third-order valence-corrected chi connectivity index (χ3v) is 3.00. The van der Waals surface area contributed by atoms with Gasteiger partial charge in [0.15, 0.2) is 0 Å². The molecule has 1 atom stereocenters. The molecule has 1 heterocycles. The van der Waals surface area contributed by atoms with Crippen LogP contribution >= 0.6 is 11.8 Å². The molecular weight excluding hydrogens is 224 g/mol. The van der Waals surface area contributed by atoms with Crippen LogP contribution in [0.5, 0.6) is 0 Å². The van der Waals surface area contributed by atoms with Crippen molar-refractivity contribution >= 4 is 17.7 Å². The Hall–Kier alpha value is -1.07. The summed E-state index contributed by atoms with van der Waals surface area (Å²) in [7, 11) is 3.41.